The number of fused-ring (bicyclic) bond motifs is 1. The molecule has 5 fully saturated rings. The Morgan fingerprint density at radius 3 is 2.33 bits per heavy atom. The van der Waals surface area contributed by atoms with Crippen LogP contribution in [-0.4, -0.2) is 46.0 Å². The molecule has 5 aliphatic rings. The summed E-state index contributed by atoms with van der Waals surface area (Å²) in [6.07, 6.45) is 8.27. The zero-order valence-corrected chi connectivity index (χ0v) is 23.2. The number of hydrogen-bond acceptors (Lipinski definition) is 5. The molecule has 5 heteroatoms. The number of carbonyl (C=O) groups is 1. The molecule has 1 saturated heterocycles. The van der Waals surface area contributed by atoms with Crippen molar-refractivity contribution in [1.29, 1.82) is 0 Å². The molecule has 0 spiro atoms. The minimum absolute atomic E-state index is 0.266. The van der Waals surface area contributed by atoms with Gasteiger partial charge in [-0.05, 0) is 121 Å². The fraction of sp³-hybridized carbons (Fsp3) is 0.500. The van der Waals surface area contributed by atoms with Crippen LogP contribution in [0.2, 0.25) is 0 Å². The molecule has 0 radical (unpaired) electrons. The number of hydrogen-bond donors (Lipinski definition) is 0. The summed E-state index contributed by atoms with van der Waals surface area (Å²) in [5.74, 6) is 3.18. The third-order valence-electron chi connectivity index (χ3n) is 9.94. The van der Waals surface area contributed by atoms with E-state index in [1.807, 2.05) is 31.2 Å². The van der Waals surface area contributed by atoms with Crippen LogP contribution in [0.25, 0.3) is 21.9 Å². The molecule has 39 heavy (non-hydrogen) atoms. The van der Waals surface area contributed by atoms with E-state index in [1.54, 1.807) is 0 Å². The quantitative estimate of drug-likeness (QED) is 0.325. The summed E-state index contributed by atoms with van der Waals surface area (Å²) in [5, 5.41) is 2.34. The van der Waals surface area contributed by atoms with Gasteiger partial charge < -0.3 is 19.1 Å². The first-order chi connectivity index (χ1) is 19.1. The van der Waals surface area contributed by atoms with Crippen molar-refractivity contribution >= 4 is 22.4 Å². The van der Waals surface area contributed by atoms with Gasteiger partial charge in [-0.3, -0.25) is 0 Å². The number of nitrogens with zero attached hydrogens (tertiary/aromatic N) is 1. The predicted molar refractivity (Wildman–Crippen MR) is 155 cm³/mol. The van der Waals surface area contributed by atoms with Gasteiger partial charge in [0.05, 0.1) is 32.5 Å². The van der Waals surface area contributed by atoms with Crippen molar-refractivity contribution in [2.24, 2.45) is 17.8 Å². The first-order valence-electron chi connectivity index (χ1n) is 14.8. The number of rotatable bonds is 6. The van der Waals surface area contributed by atoms with Gasteiger partial charge in [-0.2, -0.15) is 0 Å². The van der Waals surface area contributed by atoms with E-state index in [0.29, 0.717) is 12.2 Å². The SMILES string of the molecule is CCOc1cc(-c2ccccc2C(=O)OC)cc2cc(C34CC5CC(CC(C5)C3)C4)c(N3CCOCC3)cc12. The number of benzene rings is 3. The summed E-state index contributed by atoms with van der Waals surface area (Å²) < 4.78 is 17.2. The third-order valence-corrected chi connectivity index (χ3v) is 9.94. The Hall–Kier alpha value is -3.05. The van der Waals surface area contributed by atoms with Crippen molar-refractivity contribution in [1.82, 2.24) is 0 Å². The van der Waals surface area contributed by atoms with Crippen LogP contribution in [0, 0.1) is 17.8 Å². The molecule has 1 aliphatic heterocycles. The molecule has 0 aromatic heterocycles. The Kier molecular flexibility index (Phi) is 6.30. The average Bonchev–Trinajstić information content (AvgIpc) is 2.96. The first kappa shape index (κ1) is 25.0. The van der Waals surface area contributed by atoms with E-state index in [0.717, 1.165) is 66.3 Å². The minimum atomic E-state index is -0.319. The Balaban J connectivity index is 1.44. The highest BCUT2D eigenvalue weighted by Crippen LogP contribution is 2.62. The molecule has 3 aromatic carbocycles. The van der Waals surface area contributed by atoms with Crippen LogP contribution in [-0.2, 0) is 14.9 Å². The lowest BCUT2D eigenvalue weighted by Gasteiger charge is -2.57. The first-order valence-corrected chi connectivity index (χ1v) is 14.8. The molecule has 0 atom stereocenters. The highest BCUT2D eigenvalue weighted by molar-refractivity contribution is 6.01. The zero-order chi connectivity index (χ0) is 26.6. The largest absolute Gasteiger partial charge is 0.493 e. The molecule has 4 bridgehead atoms. The summed E-state index contributed by atoms with van der Waals surface area (Å²) >= 11 is 0. The monoisotopic (exact) mass is 525 g/mol. The fourth-order valence-corrected chi connectivity index (χ4v) is 8.75. The second-order valence-electron chi connectivity index (χ2n) is 12.3. The van der Waals surface area contributed by atoms with Crippen molar-refractivity contribution in [3.05, 3.63) is 59.7 Å². The van der Waals surface area contributed by atoms with Gasteiger partial charge in [0.25, 0.3) is 0 Å². The molecule has 8 rings (SSSR count). The van der Waals surface area contributed by atoms with E-state index in [4.69, 9.17) is 14.2 Å². The van der Waals surface area contributed by atoms with Crippen molar-refractivity contribution < 1.29 is 19.0 Å². The lowest BCUT2D eigenvalue weighted by molar-refractivity contribution is -0.00502. The molecule has 204 valence electrons. The van der Waals surface area contributed by atoms with Crippen LogP contribution in [0.5, 0.6) is 5.75 Å². The Morgan fingerprint density at radius 2 is 1.67 bits per heavy atom. The summed E-state index contributed by atoms with van der Waals surface area (Å²) in [6.45, 7) is 6.03. The van der Waals surface area contributed by atoms with Gasteiger partial charge in [-0.1, -0.05) is 18.2 Å². The van der Waals surface area contributed by atoms with Gasteiger partial charge >= 0.3 is 5.97 Å². The molecular formula is C34H39NO4. The van der Waals surface area contributed by atoms with E-state index in [1.165, 1.54) is 62.3 Å². The molecule has 0 amide bonds. The standard InChI is InChI=1S/C34H39NO4/c1-3-39-32-17-26(27-6-4-5-7-28(27)33(36)37-2)15-25-16-30(31(18-29(25)32)35-8-10-38-11-9-35)34-19-22-12-23(20-34)14-24(13-22)21-34/h4-7,15-18,22-24H,3,8-14,19-21H2,1-2H3. The van der Waals surface area contributed by atoms with E-state index >= 15 is 0 Å². The summed E-state index contributed by atoms with van der Waals surface area (Å²) in [7, 11) is 1.44. The van der Waals surface area contributed by atoms with E-state index in [9.17, 15) is 4.79 Å². The molecular weight excluding hydrogens is 486 g/mol. The van der Waals surface area contributed by atoms with Gasteiger partial charge in [0.2, 0.25) is 0 Å². The summed E-state index contributed by atoms with van der Waals surface area (Å²) in [4.78, 5) is 15.2. The van der Waals surface area contributed by atoms with Crippen molar-refractivity contribution in [3.8, 4) is 16.9 Å². The fourth-order valence-electron chi connectivity index (χ4n) is 8.75. The highest BCUT2D eigenvalue weighted by Gasteiger charge is 2.52. The number of esters is 1. The highest BCUT2D eigenvalue weighted by atomic mass is 16.5. The maximum Gasteiger partial charge on any atom is 0.338 e. The van der Waals surface area contributed by atoms with Crippen molar-refractivity contribution in [2.75, 3.05) is 44.9 Å². The van der Waals surface area contributed by atoms with E-state index in [-0.39, 0.29) is 11.4 Å². The van der Waals surface area contributed by atoms with Gasteiger partial charge in [-0.15, -0.1) is 0 Å². The van der Waals surface area contributed by atoms with Crippen molar-refractivity contribution in [3.63, 3.8) is 0 Å². The van der Waals surface area contributed by atoms with Crippen LogP contribution in [0.3, 0.4) is 0 Å². The number of ether oxygens (including phenoxy) is 3. The lowest BCUT2D eigenvalue weighted by atomic mass is 9.48. The van der Waals surface area contributed by atoms with E-state index in [2.05, 4.69) is 29.2 Å². The van der Waals surface area contributed by atoms with E-state index < -0.39 is 0 Å². The normalized spacial score (nSPS) is 27.6. The molecule has 3 aromatic rings. The Bertz CT molecular complexity index is 1370. The molecule has 5 nitrogen and oxygen atoms in total. The summed E-state index contributed by atoms with van der Waals surface area (Å²) in [6, 6.07) is 17.0. The van der Waals surface area contributed by atoms with Crippen LogP contribution in [0.15, 0.2) is 48.5 Å². The number of anilines is 1. The molecule has 4 saturated carbocycles. The van der Waals surface area contributed by atoms with Gasteiger partial charge in [0.1, 0.15) is 5.75 Å². The molecule has 4 aliphatic carbocycles. The van der Waals surface area contributed by atoms with Gasteiger partial charge in [0.15, 0.2) is 0 Å². The Labute approximate surface area is 231 Å². The van der Waals surface area contributed by atoms with Crippen molar-refractivity contribution in [2.45, 2.75) is 50.9 Å². The van der Waals surface area contributed by atoms with Crippen LogP contribution in [0.4, 0.5) is 5.69 Å². The molecule has 1 heterocycles. The van der Waals surface area contributed by atoms with Gasteiger partial charge in [0, 0.05) is 24.2 Å². The lowest BCUT2D eigenvalue weighted by Crippen LogP contribution is -2.49. The van der Waals surface area contributed by atoms with Crippen LogP contribution >= 0.6 is 0 Å². The zero-order valence-electron chi connectivity index (χ0n) is 23.2. The molecule has 0 N–H and O–H groups in total. The topological polar surface area (TPSA) is 48.0 Å². The maximum atomic E-state index is 12.6. The second kappa shape index (κ2) is 9.85. The van der Waals surface area contributed by atoms with Gasteiger partial charge in [-0.25, -0.2) is 4.79 Å². The number of morpholine rings is 1. The smallest absolute Gasteiger partial charge is 0.338 e. The third kappa shape index (κ3) is 4.30. The average molecular weight is 526 g/mol. The van der Waals surface area contributed by atoms with Crippen LogP contribution in [0.1, 0.15) is 61.4 Å². The predicted octanol–water partition coefficient (Wildman–Crippen LogP) is 7.00. The second-order valence-corrected chi connectivity index (χ2v) is 12.3. The van der Waals surface area contributed by atoms with Crippen LogP contribution < -0.4 is 9.64 Å². The maximum absolute atomic E-state index is 12.6. The molecule has 0 unspecified atom stereocenters. The Morgan fingerprint density at radius 1 is 0.974 bits per heavy atom. The minimum Gasteiger partial charge on any atom is -0.493 e. The number of methoxy groups -OCH3 is 1. The number of carbonyl (C=O) groups excluding carboxylic acids is 1. The summed E-state index contributed by atoms with van der Waals surface area (Å²) in [5.41, 5.74) is 5.63.